The molecule has 1 fully saturated rings. The Bertz CT molecular complexity index is 475. The first kappa shape index (κ1) is 14.4. The first-order valence-electron chi connectivity index (χ1n) is 5.98. The second-order valence-electron chi connectivity index (χ2n) is 4.65. The van der Waals surface area contributed by atoms with Crippen LogP contribution in [0.2, 0.25) is 0 Å². The SMILES string of the molecule is O=Cc1cc(Br)ccc1N1CCCC(C(F)(F)F)C1. The van der Waals surface area contributed by atoms with Crippen molar-refractivity contribution in [3.63, 3.8) is 0 Å². The number of rotatable bonds is 2. The summed E-state index contributed by atoms with van der Waals surface area (Å²) in [6.45, 7) is 0.473. The fraction of sp³-hybridized carbons (Fsp3) is 0.462. The van der Waals surface area contributed by atoms with E-state index in [-0.39, 0.29) is 13.0 Å². The smallest absolute Gasteiger partial charge is 0.370 e. The Labute approximate surface area is 117 Å². The maximum atomic E-state index is 12.8. The lowest BCUT2D eigenvalue weighted by Gasteiger charge is -2.35. The van der Waals surface area contributed by atoms with Crippen molar-refractivity contribution in [3.8, 4) is 0 Å². The molecule has 1 aromatic rings. The highest BCUT2D eigenvalue weighted by Crippen LogP contribution is 2.35. The minimum atomic E-state index is -4.17. The summed E-state index contributed by atoms with van der Waals surface area (Å²) in [4.78, 5) is 12.7. The number of halogens is 4. The Kier molecular flexibility index (Phi) is 4.18. The first-order chi connectivity index (χ1) is 8.91. The number of hydrogen-bond donors (Lipinski definition) is 0. The molecule has 2 rings (SSSR count). The third-order valence-corrected chi connectivity index (χ3v) is 3.83. The van der Waals surface area contributed by atoms with Crippen LogP contribution in [-0.2, 0) is 0 Å². The quantitative estimate of drug-likeness (QED) is 0.760. The number of nitrogens with zero attached hydrogens (tertiary/aromatic N) is 1. The average Bonchev–Trinajstić information content (AvgIpc) is 2.37. The maximum Gasteiger partial charge on any atom is 0.393 e. The fourth-order valence-electron chi connectivity index (χ4n) is 2.37. The highest BCUT2D eigenvalue weighted by molar-refractivity contribution is 9.10. The molecule has 1 aliphatic heterocycles. The second kappa shape index (κ2) is 5.53. The van der Waals surface area contributed by atoms with Crippen LogP contribution in [0.5, 0.6) is 0 Å². The van der Waals surface area contributed by atoms with Crippen molar-refractivity contribution in [3.05, 3.63) is 28.2 Å². The minimum absolute atomic E-state index is 0.0774. The van der Waals surface area contributed by atoms with Crippen LogP contribution >= 0.6 is 15.9 Å². The van der Waals surface area contributed by atoms with Gasteiger partial charge in [-0.25, -0.2) is 0 Å². The molecule has 1 unspecified atom stereocenters. The fourth-order valence-corrected chi connectivity index (χ4v) is 2.75. The van der Waals surface area contributed by atoms with E-state index in [1.165, 1.54) is 0 Å². The lowest BCUT2D eigenvalue weighted by molar-refractivity contribution is -0.175. The molecule has 19 heavy (non-hydrogen) atoms. The van der Waals surface area contributed by atoms with Gasteiger partial charge in [0.2, 0.25) is 0 Å². The molecule has 0 bridgehead atoms. The predicted molar refractivity (Wildman–Crippen MR) is 70.5 cm³/mol. The summed E-state index contributed by atoms with van der Waals surface area (Å²) >= 11 is 3.25. The van der Waals surface area contributed by atoms with Crippen molar-refractivity contribution < 1.29 is 18.0 Å². The van der Waals surface area contributed by atoms with E-state index in [0.29, 0.717) is 30.5 Å². The Balaban J connectivity index is 2.24. The molecule has 1 heterocycles. The number of carbonyl (C=O) groups is 1. The van der Waals surface area contributed by atoms with Gasteiger partial charge < -0.3 is 4.90 Å². The number of alkyl halides is 3. The molecule has 2 nitrogen and oxygen atoms in total. The van der Waals surface area contributed by atoms with Gasteiger partial charge in [-0.15, -0.1) is 0 Å². The number of anilines is 1. The lowest BCUT2D eigenvalue weighted by atomic mass is 9.96. The molecule has 1 saturated heterocycles. The number of benzene rings is 1. The zero-order valence-corrected chi connectivity index (χ0v) is 11.7. The molecule has 1 atom stereocenters. The van der Waals surface area contributed by atoms with Crippen molar-refractivity contribution >= 4 is 27.9 Å². The van der Waals surface area contributed by atoms with Crippen LogP contribution in [0.15, 0.2) is 22.7 Å². The standard InChI is InChI=1S/C13H13BrF3NO/c14-11-3-4-12(9(6-11)8-19)18-5-1-2-10(7-18)13(15,16)17/h3-4,6,8,10H,1-2,5,7H2. The van der Waals surface area contributed by atoms with Crippen molar-refractivity contribution in [1.82, 2.24) is 0 Å². The van der Waals surface area contributed by atoms with Gasteiger partial charge in [0.1, 0.15) is 0 Å². The molecule has 0 aliphatic carbocycles. The highest BCUT2D eigenvalue weighted by Gasteiger charge is 2.42. The van der Waals surface area contributed by atoms with Gasteiger partial charge in [-0.2, -0.15) is 13.2 Å². The van der Waals surface area contributed by atoms with E-state index < -0.39 is 12.1 Å². The van der Waals surface area contributed by atoms with Gasteiger partial charge in [0, 0.05) is 28.8 Å². The van der Waals surface area contributed by atoms with Crippen LogP contribution in [0.4, 0.5) is 18.9 Å². The highest BCUT2D eigenvalue weighted by atomic mass is 79.9. The molecule has 1 aromatic carbocycles. The Hall–Kier alpha value is -1.04. The second-order valence-corrected chi connectivity index (χ2v) is 5.56. The first-order valence-corrected chi connectivity index (χ1v) is 6.77. The molecule has 0 amide bonds. The molecule has 0 saturated carbocycles. The summed E-state index contributed by atoms with van der Waals surface area (Å²) in [5.74, 6) is -1.32. The summed E-state index contributed by atoms with van der Waals surface area (Å²) in [6, 6.07) is 5.05. The van der Waals surface area contributed by atoms with E-state index in [1.54, 1.807) is 23.1 Å². The normalized spacial score (nSPS) is 20.4. The van der Waals surface area contributed by atoms with Gasteiger partial charge in [0.15, 0.2) is 6.29 Å². The van der Waals surface area contributed by atoms with Crippen molar-refractivity contribution in [2.75, 3.05) is 18.0 Å². The van der Waals surface area contributed by atoms with Gasteiger partial charge in [-0.3, -0.25) is 4.79 Å². The van der Waals surface area contributed by atoms with E-state index >= 15 is 0 Å². The van der Waals surface area contributed by atoms with E-state index in [4.69, 9.17) is 0 Å². The number of hydrogen-bond acceptors (Lipinski definition) is 2. The third-order valence-electron chi connectivity index (χ3n) is 3.34. The van der Waals surface area contributed by atoms with E-state index in [1.807, 2.05) is 0 Å². The molecule has 1 aliphatic rings. The summed E-state index contributed by atoms with van der Waals surface area (Å²) in [5, 5.41) is 0. The summed E-state index contributed by atoms with van der Waals surface area (Å²) in [5.41, 5.74) is 0.990. The van der Waals surface area contributed by atoms with Crippen LogP contribution in [0.1, 0.15) is 23.2 Å². The van der Waals surface area contributed by atoms with Gasteiger partial charge >= 0.3 is 6.18 Å². The van der Waals surface area contributed by atoms with Gasteiger partial charge in [-0.05, 0) is 31.0 Å². The predicted octanol–water partition coefficient (Wildman–Crippen LogP) is 4.04. The zero-order chi connectivity index (χ0) is 14.0. The third kappa shape index (κ3) is 3.29. The van der Waals surface area contributed by atoms with Crippen LogP contribution < -0.4 is 4.90 Å². The molecule has 6 heteroatoms. The zero-order valence-electron chi connectivity index (χ0n) is 10.1. The summed E-state index contributed by atoms with van der Waals surface area (Å²) in [7, 11) is 0. The van der Waals surface area contributed by atoms with Crippen LogP contribution in [0, 0.1) is 5.92 Å². The van der Waals surface area contributed by atoms with Crippen molar-refractivity contribution in [2.24, 2.45) is 5.92 Å². The van der Waals surface area contributed by atoms with Crippen LogP contribution in [-0.4, -0.2) is 25.6 Å². The van der Waals surface area contributed by atoms with E-state index in [2.05, 4.69) is 15.9 Å². The van der Waals surface area contributed by atoms with E-state index in [0.717, 1.165) is 4.47 Å². The van der Waals surface area contributed by atoms with Gasteiger partial charge in [0.05, 0.1) is 5.92 Å². The summed E-state index contributed by atoms with van der Waals surface area (Å²) < 4.78 is 39.1. The maximum absolute atomic E-state index is 12.8. The molecule has 0 radical (unpaired) electrons. The Morgan fingerprint density at radius 3 is 2.74 bits per heavy atom. The van der Waals surface area contributed by atoms with Gasteiger partial charge in [-0.1, -0.05) is 15.9 Å². The number of piperidine rings is 1. The molecule has 0 N–H and O–H groups in total. The van der Waals surface area contributed by atoms with Crippen LogP contribution in [0.25, 0.3) is 0 Å². The number of aldehydes is 1. The van der Waals surface area contributed by atoms with Gasteiger partial charge in [0.25, 0.3) is 0 Å². The molecule has 0 aromatic heterocycles. The monoisotopic (exact) mass is 335 g/mol. The molecular weight excluding hydrogens is 323 g/mol. The number of carbonyl (C=O) groups excluding carboxylic acids is 1. The van der Waals surface area contributed by atoms with Crippen molar-refractivity contribution in [2.45, 2.75) is 19.0 Å². The Morgan fingerprint density at radius 1 is 1.37 bits per heavy atom. The Morgan fingerprint density at radius 2 is 2.11 bits per heavy atom. The average molecular weight is 336 g/mol. The molecule has 0 spiro atoms. The van der Waals surface area contributed by atoms with Crippen molar-refractivity contribution in [1.29, 1.82) is 0 Å². The largest absolute Gasteiger partial charge is 0.393 e. The van der Waals surface area contributed by atoms with Crippen LogP contribution in [0.3, 0.4) is 0 Å². The lowest BCUT2D eigenvalue weighted by Crippen LogP contribution is -2.42. The molecular formula is C13H13BrF3NO. The van der Waals surface area contributed by atoms with E-state index in [9.17, 15) is 18.0 Å². The summed E-state index contributed by atoms with van der Waals surface area (Å²) in [6.07, 6.45) is -2.85. The minimum Gasteiger partial charge on any atom is -0.370 e. The topological polar surface area (TPSA) is 20.3 Å². The molecule has 104 valence electrons.